The van der Waals surface area contributed by atoms with Crippen LogP contribution in [0.3, 0.4) is 0 Å². The average Bonchev–Trinajstić information content (AvgIpc) is 2.80. The van der Waals surface area contributed by atoms with E-state index in [4.69, 9.17) is 26.1 Å². The van der Waals surface area contributed by atoms with Crippen LogP contribution in [0.2, 0.25) is 5.02 Å². The highest BCUT2D eigenvalue weighted by atomic mass is 35.5. The maximum atomic E-state index is 13.0. The summed E-state index contributed by atoms with van der Waals surface area (Å²) in [6.07, 6.45) is 5.71. The van der Waals surface area contributed by atoms with Gasteiger partial charge >= 0.3 is 0 Å². The average molecular weight is 468 g/mol. The predicted molar refractivity (Wildman–Crippen MR) is 127 cm³/mol. The highest BCUT2D eigenvalue weighted by Gasteiger charge is 2.17. The smallest absolute Gasteiger partial charge is 0.261 e. The molecule has 0 bridgehead atoms. The van der Waals surface area contributed by atoms with Crippen LogP contribution in [0.25, 0.3) is 10.9 Å². The van der Waals surface area contributed by atoms with E-state index in [1.165, 1.54) is 0 Å². The molecule has 172 valence electrons. The van der Waals surface area contributed by atoms with Crippen LogP contribution in [0.15, 0.2) is 35.1 Å². The summed E-state index contributed by atoms with van der Waals surface area (Å²) in [7, 11) is 0. The van der Waals surface area contributed by atoms with Crippen LogP contribution in [-0.4, -0.2) is 35.2 Å². The van der Waals surface area contributed by atoms with Gasteiger partial charge in [-0.05, 0) is 55.2 Å². The van der Waals surface area contributed by atoms with Crippen LogP contribution in [0.1, 0.15) is 47.4 Å². The molecular weight excluding hydrogens is 442 g/mol. The van der Waals surface area contributed by atoms with Crippen LogP contribution in [0.5, 0.6) is 11.5 Å². The van der Waals surface area contributed by atoms with Crippen molar-refractivity contribution in [1.29, 1.82) is 0 Å². The van der Waals surface area contributed by atoms with Crippen molar-refractivity contribution in [3.05, 3.63) is 62.7 Å². The third kappa shape index (κ3) is 4.55. The maximum absolute atomic E-state index is 13.0. The van der Waals surface area contributed by atoms with Crippen molar-refractivity contribution in [3.63, 3.8) is 0 Å². The van der Waals surface area contributed by atoms with E-state index < -0.39 is 0 Å². The number of nitrogens with one attached hydrogen (secondary N) is 1. The summed E-state index contributed by atoms with van der Waals surface area (Å²) >= 11 is 6.30. The SMILES string of the molecule is O=C(NCCc1cc(Cl)c2c(c1)OCCO2)c1ccc2c(=O)n3c(nc2c1)CCCCCC3. The Morgan fingerprint density at radius 2 is 1.94 bits per heavy atom. The Labute approximate surface area is 196 Å². The lowest BCUT2D eigenvalue weighted by molar-refractivity contribution is 0.0954. The van der Waals surface area contributed by atoms with Gasteiger partial charge in [0.15, 0.2) is 11.5 Å². The molecule has 1 aromatic heterocycles. The van der Waals surface area contributed by atoms with Gasteiger partial charge < -0.3 is 14.8 Å². The van der Waals surface area contributed by atoms with Gasteiger partial charge in [0.2, 0.25) is 0 Å². The van der Waals surface area contributed by atoms with Crippen molar-refractivity contribution >= 4 is 28.4 Å². The summed E-state index contributed by atoms with van der Waals surface area (Å²) in [4.78, 5) is 30.5. The molecule has 0 aliphatic carbocycles. The molecule has 2 aliphatic heterocycles. The van der Waals surface area contributed by atoms with Crippen molar-refractivity contribution in [1.82, 2.24) is 14.9 Å². The van der Waals surface area contributed by atoms with E-state index in [-0.39, 0.29) is 11.5 Å². The first-order valence-corrected chi connectivity index (χ1v) is 11.9. The zero-order valence-electron chi connectivity index (χ0n) is 18.4. The lowest BCUT2D eigenvalue weighted by Crippen LogP contribution is -2.28. The first-order valence-electron chi connectivity index (χ1n) is 11.5. The molecular formula is C25H26ClN3O4. The van der Waals surface area contributed by atoms with Gasteiger partial charge in [0.05, 0.1) is 15.9 Å². The number of aromatic nitrogens is 2. The number of amides is 1. The zero-order chi connectivity index (χ0) is 22.8. The standard InChI is InChI=1S/C25H26ClN3O4/c26-19-13-16(14-21-23(19)33-12-11-32-21)8-9-27-24(30)17-6-7-18-20(15-17)28-22-5-3-1-2-4-10-29(22)25(18)31/h6-7,13-15H,1-5,8-12H2,(H,27,30). The lowest BCUT2D eigenvalue weighted by atomic mass is 10.1. The molecule has 33 heavy (non-hydrogen) atoms. The molecule has 3 aromatic rings. The summed E-state index contributed by atoms with van der Waals surface area (Å²) in [5.74, 6) is 1.83. The second kappa shape index (κ2) is 9.43. The molecule has 7 nitrogen and oxygen atoms in total. The van der Waals surface area contributed by atoms with Crippen molar-refractivity contribution in [2.75, 3.05) is 19.8 Å². The monoisotopic (exact) mass is 467 g/mol. The fraction of sp³-hybridized carbons (Fsp3) is 0.400. The maximum Gasteiger partial charge on any atom is 0.261 e. The Morgan fingerprint density at radius 1 is 1.09 bits per heavy atom. The van der Waals surface area contributed by atoms with Gasteiger partial charge in [0.1, 0.15) is 19.0 Å². The largest absolute Gasteiger partial charge is 0.486 e. The van der Waals surface area contributed by atoms with Gasteiger partial charge in [-0.1, -0.05) is 24.4 Å². The minimum atomic E-state index is -0.200. The second-order valence-electron chi connectivity index (χ2n) is 8.49. The van der Waals surface area contributed by atoms with Gasteiger partial charge in [-0.2, -0.15) is 0 Å². The normalized spacial score (nSPS) is 15.4. The Kier molecular flexibility index (Phi) is 6.22. The third-order valence-electron chi connectivity index (χ3n) is 6.18. The number of carbonyl (C=O) groups excluding carboxylic acids is 1. The number of ether oxygens (including phenoxy) is 2. The summed E-state index contributed by atoms with van der Waals surface area (Å²) < 4.78 is 13.0. The fourth-order valence-electron chi connectivity index (χ4n) is 4.47. The molecule has 0 radical (unpaired) electrons. The van der Waals surface area contributed by atoms with E-state index in [0.717, 1.165) is 43.5 Å². The molecule has 0 saturated carbocycles. The summed E-state index contributed by atoms with van der Waals surface area (Å²) in [5, 5.41) is 4.01. The van der Waals surface area contributed by atoms with Crippen LogP contribution in [-0.2, 0) is 19.4 Å². The van der Waals surface area contributed by atoms with Gasteiger partial charge in [0, 0.05) is 25.1 Å². The number of benzene rings is 2. The van der Waals surface area contributed by atoms with E-state index >= 15 is 0 Å². The first-order chi connectivity index (χ1) is 16.1. The fourth-order valence-corrected chi connectivity index (χ4v) is 4.76. The van der Waals surface area contributed by atoms with Crippen molar-refractivity contribution in [2.24, 2.45) is 0 Å². The molecule has 5 rings (SSSR count). The van der Waals surface area contributed by atoms with Crippen molar-refractivity contribution in [2.45, 2.75) is 45.1 Å². The molecule has 2 aromatic carbocycles. The van der Waals surface area contributed by atoms with Crippen molar-refractivity contribution in [3.8, 4) is 11.5 Å². The highest BCUT2D eigenvalue weighted by molar-refractivity contribution is 6.32. The Bertz CT molecular complexity index is 1270. The van der Waals surface area contributed by atoms with E-state index in [9.17, 15) is 9.59 Å². The molecule has 1 N–H and O–H groups in total. The van der Waals surface area contributed by atoms with Crippen LogP contribution < -0.4 is 20.3 Å². The van der Waals surface area contributed by atoms with Gasteiger partial charge in [0.25, 0.3) is 11.5 Å². The molecule has 3 heterocycles. The molecule has 0 fully saturated rings. The topological polar surface area (TPSA) is 82.5 Å². The van der Waals surface area contributed by atoms with Crippen LogP contribution in [0, 0.1) is 0 Å². The van der Waals surface area contributed by atoms with Gasteiger partial charge in [-0.15, -0.1) is 0 Å². The summed E-state index contributed by atoms with van der Waals surface area (Å²) in [6, 6.07) is 8.85. The van der Waals surface area contributed by atoms with Gasteiger partial charge in [-0.3, -0.25) is 14.2 Å². The number of hydrogen-bond acceptors (Lipinski definition) is 5. The number of nitrogens with zero attached hydrogens (tertiary/aromatic N) is 2. The Hall–Kier alpha value is -3.06. The Morgan fingerprint density at radius 3 is 2.85 bits per heavy atom. The number of fused-ring (bicyclic) bond motifs is 3. The van der Waals surface area contributed by atoms with E-state index in [2.05, 4.69) is 5.32 Å². The van der Waals surface area contributed by atoms with E-state index in [1.54, 1.807) is 22.8 Å². The van der Waals surface area contributed by atoms with Crippen LogP contribution in [0.4, 0.5) is 0 Å². The third-order valence-corrected chi connectivity index (χ3v) is 6.47. The molecule has 8 heteroatoms. The first kappa shape index (κ1) is 21.8. The molecule has 2 aliphatic rings. The van der Waals surface area contributed by atoms with Crippen LogP contribution >= 0.6 is 11.6 Å². The van der Waals surface area contributed by atoms with Crippen molar-refractivity contribution < 1.29 is 14.3 Å². The molecule has 0 unspecified atom stereocenters. The van der Waals surface area contributed by atoms with E-state index in [1.807, 2.05) is 12.1 Å². The molecule has 0 saturated heterocycles. The number of hydrogen-bond donors (Lipinski definition) is 1. The lowest BCUT2D eigenvalue weighted by Gasteiger charge is -2.20. The number of rotatable bonds is 4. The number of aryl methyl sites for hydroxylation is 1. The summed E-state index contributed by atoms with van der Waals surface area (Å²) in [6.45, 7) is 2.13. The number of carbonyl (C=O) groups is 1. The zero-order valence-corrected chi connectivity index (χ0v) is 19.1. The predicted octanol–water partition coefficient (Wildman–Crippen LogP) is 3.91. The molecule has 0 atom stereocenters. The van der Waals surface area contributed by atoms with E-state index in [0.29, 0.717) is 65.7 Å². The minimum absolute atomic E-state index is 0.0145. The summed E-state index contributed by atoms with van der Waals surface area (Å²) in [5.41, 5.74) is 2.01. The Balaban J connectivity index is 1.30. The quantitative estimate of drug-likeness (QED) is 0.629. The number of halogens is 1. The molecule has 0 spiro atoms. The molecule has 1 amide bonds. The van der Waals surface area contributed by atoms with Gasteiger partial charge in [-0.25, -0.2) is 4.98 Å². The highest BCUT2D eigenvalue weighted by Crippen LogP contribution is 2.38. The second-order valence-corrected chi connectivity index (χ2v) is 8.90. The minimum Gasteiger partial charge on any atom is -0.486 e.